The second-order valence-corrected chi connectivity index (χ2v) is 7.69. The van der Waals surface area contributed by atoms with Crippen LogP contribution in [0.4, 0.5) is 0 Å². The summed E-state index contributed by atoms with van der Waals surface area (Å²) >= 11 is 6.33. The van der Waals surface area contributed by atoms with Crippen LogP contribution in [0.3, 0.4) is 0 Å². The second-order valence-electron chi connectivity index (χ2n) is 7.26. The van der Waals surface area contributed by atoms with Gasteiger partial charge in [0, 0.05) is 47.2 Å². The van der Waals surface area contributed by atoms with Crippen molar-refractivity contribution in [3.8, 4) is 0 Å². The maximum absolute atomic E-state index is 6.33. The molecule has 4 rings (SSSR count). The Morgan fingerprint density at radius 1 is 1.16 bits per heavy atom. The number of hydrogen-bond acceptors (Lipinski definition) is 1. The molecule has 0 bridgehead atoms. The highest BCUT2D eigenvalue weighted by molar-refractivity contribution is 6.31. The lowest BCUT2D eigenvalue weighted by Gasteiger charge is -2.31. The van der Waals surface area contributed by atoms with Gasteiger partial charge < -0.3 is 4.57 Å². The molecule has 2 nitrogen and oxygen atoms in total. The second kappa shape index (κ2) is 6.51. The minimum absolute atomic E-state index is 0.435. The zero-order valence-corrected chi connectivity index (χ0v) is 16.0. The van der Waals surface area contributed by atoms with Gasteiger partial charge in [0.25, 0.3) is 0 Å². The van der Waals surface area contributed by atoms with E-state index in [0.717, 1.165) is 31.0 Å². The van der Waals surface area contributed by atoms with E-state index < -0.39 is 0 Å². The summed E-state index contributed by atoms with van der Waals surface area (Å²) in [5, 5.41) is 2.15. The van der Waals surface area contributed by atoms with Crippen LogP contribution in [0.5, 0.6) is 0 Å². The Balaban J connectivity index is 1.80. The Bertz CT molecular complexity index is 925. The first-order chi connectivity index (χ1) is 12.1. The van der Waals surface area contributed by atoms with Gasteiger partial charge in [0.15, 0.2) is 0 Å². The molecule has 0 saturated heterocycles. The monoisotopic (exact) mass is 352 g/mol. The lowest BCUT2D eigenvalue weighted by atomic mass is 9.97. The number of aryl methyl sites for hydroxylation is 3. The maximum atomic E-state index is 6.33. The van der Waals surface area contributed by atoms with Crippen molar-refractivity contribution < 1.29 is 0 Å². The van der Waals surface area contributed by atoms with Crippen LogP contribution in [-0.4, -0.2) is 23.1 Å². The van der Waals surface area contributed by atoms with Gasteiger partial charge in [0.2, 0.25) is 0 Å². The summed E-state index contributed by atoms with van der Waals surface area (Å²) < 4.78 is 2.54. The van der Waals surface area contributed by atoms with Gasteiger partial charge in [-0.15, -0.1) is 0 Å². The highest BCUT2D eigenvalue weighted by Gasteiger charge is 2.27. The van der Waals surface area contributed by atoms with Crippen molar-refractivity contribution in [2.24, 2.45) is 0 Å². The number of nitrogens with zero attached hydrogens (tertiary/aromatic N) is 2. The van der Waals surface area contributed by atoms with E-state index in [0.29, 0.717) is 6.04 Å². The van der Waals surface area contributed by atoms with E-state index >= 15 is 0 Å². The largest absolute Gasteiger partial charge is 0.344 e. The minimum Gasteiger partial charge on any atom is -0.344 e. The predicted molar refractivity (Wildman–Crippen MR) is 107 cm³/mol. The van der Waals surface area contributed by atoms with Gasteiger partial charge in [-0.25, -0.2) is 0 Å². The molecule has 1 aliphatic heterocycles. The average molecular weight is 353 g/mol. The van der Waals surface area contributed by atoms with E-state index in [4.69, 9.17) is 11.6 Å². The molecule has 2 heterocycles. The van der Waals surface area contributed by atoms with E-state index in [-0.39, 0.29) is 0 Å². The van der Waals surface area contributed by atoms with Crippen LogP contribution in [-0.2, 0) is 19.4 Å². The first-order valence-corrected chi connectivity index (χ1v) is 9.49. The lowest BCUT2D eigenvalue weighted by molar-refractivity contribution is 0.245. The predicted octanol–water partition coefficient (Wildman–Crippen LogP) is 5.39. The Labute approximate surface area is 155 Å². The third-order valence-corrected chi connectivity index (χ3v) is 6.06. The summed E-state index contributed by atoms with van der Waals surface area (Å²) in [6.45, 7) is 6.65. The first kappa shape index (κ1) is 16.7. The molecule has 0 aliphatic carbocycles. The Morgan fingerprint density at radius 2 is 1.96 bits per heavy atom. The molecular formula is C22H25ClN2. The highest BCUT2D eigenvalue weighted by Crippen LogP contribution is 2.38. The molecule has 0 amide bonds. The zero-order chi connectivity index (χ0) is 17.6. The van der Waals surface area contributed by atoms with Crippen LogP contribution in [0.2, 0.25) is 5.02 Å². The van der Waals surface area contributed by atoms with E-state index in [1.165, 1.54) is 33.3 Å². The Morgan fingerprint density at radius 3 is 2.76 bits per heavy atom. The SMILES string of the molecule is Cc1ccccc1CCn1c2c(c3cc(Cl)ccc31)C(C)N(C)CC2. The van der Waals surface area contributed by atoms with Crippen molar-refractivity contribution in [1.29, 1.82) is 0 Å². The van der Waals surface area contributed by atoms with Gasteiger partial charge in [-0.1, -0.05) is 35.9 Å². The molecule has 0 fully saturated rings. The third-order valence-electron chi connectivity index (χ3n) is 5.82. The summed E-state index contributed by atoms with van der Waals surface area (Å²) in [5.74, 6) is 0. The van der Waals surface area contributed by atoms with Crippen LogP contribution in [0.15, 0.2) is 42.5 Å². The molecule has 0 saturated carbocycles. The number of likely N-dealkylation sites (N-methyl/N-ethyl adjacent to an activating group) is 1. The third kappa shape index (κ3) is 2.88. The summed E-state index contributed by atoms with van der Waals surface area (Å²) in [7, 11) is 2.22. The first-order valence-electron chi connectivity index (χ1n) is 9.11. The fourth-order valence-corrected chi connectivity index (χ4v) is 4.39. The summed E-state index contributed by atoms with van der Waals surface area (Å²) in [5.41, 5.74) is 7.11. The van der Waals surface area contributed by atoms with Crippen molar-refractivity contribution in [2.75, 3.05) is 13.6 Å². The van der Waals surface area contributed by atoms with E-state index in [2.05, 4.69) is 66.8 Å². The summed E-state index contributed by atoms with van der Waals surface area (Å²) in [6, 6.07) is 15.5. The number of benzene rings is 2. The number of aromatic nitrogens is 1. The molecule has 1 atom stereocenters. The quantitative estimate of drug-likeness (QED) is 0.613. The fourth-order valence-electron chi connectivity index (χ4n) is 4.22. The van der Waals surface area contributed by atoms with Crippen molar-refractivity contribution in [2.45, 2.75) is 39.3 Å². The van der Waals surface area contributed by atoms with Gasteiger partial charge in [0.1, 0.15) is 0 Å². The van der Waals surface area contributed by atoms with Crippen molar-refractivity contribution in [3.05, 3.63) is 69.9 Å². The highest BCUT2D eigenvalue weighted by atomic mass is 35.5. The molecule has 0 spiro atoms. The molecule has 25 heavy (non-hydrogen) atoms. The van der Waals surface area contributed by atoms with Crippen LogP contribution in [0, 0.1) is 6.92 Å². The van der Waals surface area contributed by atoms with Gasteiger partial charge in [-0.05, 0) is 62.2 Å². The maximum Gasteiger partial charge on any atom is 0.0487 e. The van der Waals surface area contributed by atoms with E-state index in [1.54, 1.807) is 0 Å². The standard InChI is InChI=1S/C22H25ClN2/c1-15-6-4-5-7-17(15)10-13-25-20-9-8-18(23)14-19(20)22-16(2)24(3)12-11-21(22)25/h4-9,14,16H,10-13H2,1-3H3. The smallest absolute Gasteiger partial charge is 0.0487 e. The molecular weight excluding hydrogens is 328 g/mol. The van der Waals surface area contributed by atoms with Crippen LogP contribution in [0.25, 0.3) is 10.9 Å². The van der Waals surface area contributed by atoms with Gasteiger partial charge in [0.05, 0.1) is 0 Å². The summed E-state index contributed by atoms with van der Waals surface area (Å²) in [6.07, 6.45) is 2.17. The van der Waals surface area contributed by atoms with Crippen LogP contribution in [0.1, 0.15) is 35.3 Å². The van der Waals surface area contributed by atoms with Crippen molar-refractivity contribution in [1.82, 2.24) is 9.47 Å². The number of hydrogen-bond donors (Lipinski definition) is 0. The molecule has 1 aromatic heterocycles. The average Bonchev–Trinajstić information content (AvgIpc) is 2.91. The van der Waals surface area contributed by atoms with Gasteiger partial charge in [-0.2, -0.15) is 0 Å². The Hall–Kier alpha value is -1.77. The van der Waals surface area contributed by atoms with Crippen LogP contribution >= 0.6 is 11.6 Å². The molecule has 130 valence electrons. The molecule has 1 aliphatic rings. The van der Waals surface area contributed by atoms with Gasteiger partial charge in [-0.3, -0.25) is 4.90 Å². The van der Waals surface area contributed by atoms with Crippen molar-refractivity contribution >= 4 is 22.5 Å². The molecule has 0 N–H and O–H groups in total. The van der Waals surface area contributed by atoms with Gasteiger partial charge >= 0.3 is 0 Å². The number of rotatable bonds is 3. The lowest BCUT2D eigenvalue weighted by Crippen LogP contribution is -2.31. The number of fused-ring (bicyclic) bond motifs is 3. The molecule has 3 heteroatoms. The van der Waals surface area contributed by atoms with E-state index in [9.17, 15) is 0 Å². The molecule has 3 aromatic rings. The number of halogens is 1. The van der Waals surface area contributed by atoms with Crippen LogP contribution < -0.4 is 0 Å². The van der Waals surface area contributed by atoms with Crippen molar-refractivity contribution in [3.63, 3.8) is 0 Å². The molecule has 1 unspecified atom stereocenters. The topological polar surface area (TPSA) is 8.17 Å². The van der Waals surface area contributed by atoms with E-state index in [1.807, 2.05) is 6.07 Å². The zero-order valence-electron chi connectivity index (χ0n) is 15.2. The minimum atomic E-state index is 0.435. The molecule has 2 aromatic carbocycles. The normalized spacial score (nSPS) is 17.8. The Kier molecular flexibility index (Phi) is 4.35. The molecule has 0 radical (unpaired) electrons. The summed E-state index contributed by atoms with van der Waals surface area (Å²) in [4.78, 5) is 2.44. The fraction of sp³-hybridized carbons (Fsp3) is 0.364.